The first-order valence-corrected chi connectivity index (χ1v) is 8.40. The number of aromatic nitrogens is 2. The molecule has 0 saturated heterocycles. The van der Waals surface area contributed by atoms with Gasteiger partial charge >= 0.3 is 0 Å². The lowest BCUT2D eigenvalue weighted by molar-refractivity contribution is -0.120. The molecule has 0 aliphatic rings. The Morgan fingerprint density at radius 3 is 2.91 bits per heavy atom. The molecule has 0 bridgehead atoms. The van der Waals surface area contributed by atoms with Crippen molar-refractivity contribution in [1.82, 2.24) is 14.7 Å². The molecule has 7 heteroatoms. The van der Waals surface area contributed by atoms with Crippen molar-refractivity contribution in [2.24, 2.45) is 0 Å². The van der Waals surface area contributed by atoms with Gasteiger partial charge in [0.05, 0.1) is 18.7 Å². The maximum atomic E-state index is 11.9. The number of carbonyl (C=O) groups is 1. The summed E-state index contributed by atoms with van der Waals surface area (Å²) >= 11 is 7.44. The smallest absolute Gasteiger partial charge is 0.226 e. The largest absolute Gasteiger partial charge is 0.383 e. The third-order valence-electron chi connectivity index (χ3n) is 3.39. The Hall–Kier alpha value is -1.89. The lowest BCUT2D eigenvalue weighted by atomic mass is 10.2. The lowest BCUT2D eigenvalue weighted by Gasteiger charge is -2.03. The third kappa shape index (κ3) is 3.72. The predicted molar refractivity (Wildman–Crippen MR) is 92.1 cm³/mol. The van der Waals surface area contributed by atoms with Crippen LogP contribution in [0.15, 0.2) is 35.8 Å². The van der Waals surface area contributed by atoms with E-state index in [1.165, 1.54) is 11.3 Å². The van der Waals surface area contributed by atoms with Gasteiger partial charge in [0, 0.05) is 41.5 Å². The first-order chi connectivity index (χ1) is 11.2. The molecule has 2 heterocycles. The van der Waals surface area contributed by atoms with E-state index in [0.29, 0.717) is 24.6 Å². The monoisotopic (exact) mass is 349 g/mol. The van der Waals surface area contributed by atoms with E-state index in [-0.39, 0.29) is 5.91 Å². The number of nitrogens with one attached hydrogen (secondary N) is 1. The molecule has 0 radical (unpaired) electrons. The number of hydrogen-bond donors (Lipinski definition) is 1. The van der Waals surface area contributed by atoms with Crippen LogP contribution in [-0.2, 0) is 16.0 Å². The van der Waals surface area contributed by atoms with Crippen LogP contribution in [0.1, 0.15) is 5.69 Å². The van der Waals surface area contributed by atoms with E-state index >= 15 is 0 Å². The number of methoxy groups -OCH3 is 1. The van der Waals surface area contributed by atoms with E-state index in [0.717, 1.165) is 21.9 Å². The second-order valence-electron chi connectivity index (χ2n) is 5.03. The molecule has 0 aliphatic heterocycles. The minimum Gasteiger partial charge on any atom is -0.383 e. The zero-order chi connectivity index (χ0) is 16.2. The highest BCUT2D eigenvalue weighted by atomic mass is 35.5. The SMILES string of the molecule is COCCNC(=O)Cc1csc2nc(-c3ccc(Cl)cc3)cn12. The highest BCUT2D eigenvalue weighted by Gasteiger charge is 2.12. The van der Waals surface area contributed by atoms with Gasteiger partial charge in [0.1, 0.15) is 0 Å². The van der Waals surface area contributed by atoms with Gasteiger partial charge in [0.15, 0.2) is 4.96 Å². The highest BCUT2D eigenvalue weighted by Crippen LogP contribution is 2.25. The van der Waals surface area contributed by atoms with Crippen LogP contribution in [-0.4, -0.2) is 35.6 Å². The zero-order valence-corrected chi connectivity index (χ0v) is 14.2. The molecule has 0 atom stereocenters. The number of rotatable bonds is 6. The first-order valence-electron chi connectivity index (χ1n) is 7.14. The number of imidazole rings is 1. The Balaban J connectivity index is 1.78. The fraction of sp³-hybridized carbons (Fsp3) is 0.250. The summed E-state index contributed by atoms with van der Waals surface area (Å²) in [5.74, 6) is -0.0245. The molecule has 0 aliphatic carbocycles. The second-order valence-corrected chi connectivity index (χ2v) is 6.31. The number of thiazole rings is 1. The maximum Gasteiger partial charge on any atom is 0.226 e. The molecule has 0 spiro atoms. The van der Waals surface area contributed by atoms with E-state index in [9.17, 15) is 4.79 Å². The molecule has 0 unspecified atom stereocenters. The fourth-order valence-electron chi connectivity index (χ4n) is 2.24. The number of ether oxygens (including phenoxy) is 1. The number of hydrogen-bond acceptors (Lipinski definition) is 4. The Morgan fingerprint density at radius 1 is 1.39 bits per heavy atom. The predicted octanol–water partition coefficient (Wildman–Crippen LogP) is 3.02. The van der Waals surface area contributed by atoms with E-state index < -0.39 is 0 Å². The minimum atomic E-state index is -0.0245. The Morgan fingerprint density at radius 2 is 2.17 bits per heavy atom. The summed E-state index contributed by atoms with van der Waals surface area (Å²) in [6.45, 7) is 1.03. The number of halogens is 1. The first kappa shape index (κ1) is 16.0. The number of benzene rings is 1. The fourth-order valence-corrected chi connectivity index (χ4v) is 3.23. The van der Waals surface area contributed by atoms with Crippen molar-refractivity contribution in [3.8, 4) is 11.3 Å². The summed E-state index contributed by atoms with van der Waals surface area (Å²) in [5.41, 5.74) is 2.79. The summed E-state index contributed by atoms with van der Waals surface area (Å²) < 4.78 is 6.88. The van der Waals surface area contributed by atoms with E-state index in [1.807, 2.05) is 40.2 Å². The number of nitrogens with zero attached hydrogens (tertiary/aromatic N) is 2. The van der Waals surface area contributed by atoms with Crippen molar-refractivity contribution >= 4 is 33.8 Å². The Labute approximate surface area is 142 Å². The highest BCUT2D eigenvalue weighted by molar-refractivity contribution is 7.15. The number of fused-ring (bicyclic) bond motifs is 1. The van der Waals surface area contributed by atoms with E-state index in [1.54, 1.807) is 7.11 Å². The molecule has 5 nitrogen and oxygen atoms in total. The van der Waals surface area contributed by atoms with Crippen LogP contribution in [0.4, 0.5) is 0 Å². The summed E-state index contributed by atoms with van der Waals surface area (Å²) in [6, 6.07) is 7.56. The molecule has 2 aromatic heterocycles. The average Bonchev–Trinajstić information content (AvgIpc) is 3.10. The van der Waals surface area contributed by atoms with Gasteiger partial charge in [-0.3, -0.25) is 9.20 Å². The van der Waals surface area contributed by atoms with Crippen LogP contribution >= 0.6 is 22.9 Å². The second kappa shape index (κ2) is 7.12. The summed E-state index contributed by atoms with van der Waals surface area (Å²) in [5, 5.41) is 5.48. The summed E-state index contributed by atoms with van der Waals surface area (Å²) in [4.78, 5) is 17.4. The molecule has 1 amide bonds. The van der Waals surface area contributed by atoms with Crippen LogP contribution in [0.5, 0.6) is 0 Å². The minimum absolute atomic E-state index is 0.0245. The normalized spacial score (nSPS) is 11.0. The topological polar surface area (TPSA) is 55.6 Å². The van der Waals surface area contributed by atoms with Crippen molar-refractivity contribution in [2.75, 3.05) is 20.3 Å². The van der Waals surface area contributed by atoms with Crippen molar-refractivity contribution in [2.45, 2.75) is 6.42 Å². The van der Waals surface area contributed by atoms with Crippen LogP contribution in [0.25, 0.3) is 16.2 Å². The molecular weight excluding hydrogens is 334 g/mol. The van der Waals surface area contributed by atoms with Gasteiger partial charge in [-0.1, -0.05) is 23.7 Å². The Bertz CT molecular complexity index is 810. The molecule has 23 heavy (non-hydrogen) atoms. The van der Waals surface area contributed by atoms with Crippen molar-refractivity contribution in [1.29, 1.82) is 0 Å². The van der Waals surface area contributed by atoms with Gasteiger partial charge in [-0.15, -0.1) is 11.3 Å². The van der Waals surface area contributed by atoms with Crippen LogP contribution in [0, 0.1) is 0 Å². The van der Waals surface area contributed by atoms with E-state index in [4.69, 9.17) is 16.3 Å². The van der Waals surface area contributed by atoms with Crippen molar-refractivity contribution in [3.05, 3.63) is 46.6 Å². The average molecular weight is 350 g/mol. The van der Waals surface area contributed by atoms with Gasteiger partial charge in [0.25, 0.3) is 0 Å². The number of carbonyl (C=O) groups excluding carboxylic acids is 1. The molecular formula is C16H16ClN3O2S. The van der Waals surface area contributed by atoms with Crippen molar-refractivity contribution < 1.29 is 9.53 Å². The molecule has 0 saturated carbocycles. The lowest BCUT2D eigenvalue weighted by Crippen LogP contribution is -2.28. The molecule has 3 rings (SSSR count). The molecule has 1 N–H and O–H groups in total. The van der Waals surface area contributed by atoms with Crippen molar-refractivity contribution in [3.63, 3.8) is 0 Å². The van der Waals surface area contributed by atoms with Crippen LogP contribution in [0.2, 0.25) is 5.02 Å². The maximum absolute atomic E-state index is 11.9. The molecule has 120 valence electrons. The summed E-state index contributed by atoms with van der Waals surface area (Å²) in [6.07, 6.45) is 2.27. The standard InChI is InChI=1S/C16H16ClN3O2S/c1-22-7-6-18-15(21)8-13-10-23-16-19-14(9-20(13)16)11-2-4-12(17)5-3-11/h2-5,9-10H,6-8H2,1H3,(H,18,21). The van der Waals surface area contributed by atoms with Gasteiger partial charge in [0.2, 0.25) is 5.91 Å². The molecule has 3 aromatic rings. The zero-order valence-electron chi connectivity index (χ0n) is 12.6. The molecule has 1 aromatic carbocycles. The van der Waals surface area contributed by atoms with E-state index in [2.05, 4.69) is 10.3 Å². The quantitative estimate of drug-likeness (QED) is 0.696. The Kier molecular flexibility index (Phi) is 4.95. The van der Waals surface area contributed by atoms with Gasteiger partial charge in [-0.05, 0) is 12.1 Å². The van der Waals surface area contributed by atoms with Gasteiger partial charge in [-0.2, -0.15) is 0 Å². The van der Waals surface area contributed by atoms with Gasteiger partial charge in [-0.25, -0.2) is 4.98 Å². The molecule has 0 fully saturated rings. The summed E-state index contributed by atoms with van der Waals surface area (Å²) in [7, 11) is 1.61. The van der Waals surface area contributed by atoms with Crippen LogP contribution in [0.3, 0.4) is 0 Å². The van der Waals surface area contributed by atoms with Gasteiger partial charge < -0.3 is 10.1 Å². The van der Waals surface area contributed by atoms with Crippen LogP contribution < -0.4 is 5.32 Å². The third-order valence-corrected chi connectivity index (χ3v) is 4.53. The number of amides is 1.